The zero-order chi connectivity index (χ0) is 15.8. The van der Waals surface area contributed by atoms with Crippen LogP contribution in [0.5, 0.6) is 0 Å². The number of nitrogens with one attached hydrogen (secondary N) is 1. The molecule has 0 aliphatic carbocycles. The molecule has 0 saturated carbocycles. The lowest BCUT2D eigenvalue weighted by Gasteiger charge is -2.15. The maximum Gasteiger partial charge on any atom is 0.303 e. The molecular formula is C16H22ClNO3. The number of carboxylic acids is 1. The summed E-state index contributed by atoms with van der Waals surface area (Å²) in [7, 11) is 0. The summed E-state index contributed by atoms with van der Waals surface area (Å²) in [6.07, 6.45) is 1.77. The fourth-order valence-electron chi connectivity index (χ4n) is 2.16. The van der Waals surface area contributed by atoms with Gasteiger partial charge in [-0.3, -0.25) is 9.59 Å². The lowest BCUT2D eigenvalue weighted by atomic mass is 9.97. The molecule has 0 saturated heterocycles. The summed E-state index contributed by atoms with van der Waals surface area (Å²) in [5.41, 5.74) is 1.15. The van der Waals surface area contributed by atoms with Crippen molar-refractivity contribution in [3.63, 3.8) is 0 Å². The first-order valence-corrected chi connectivity index (χ1v) is 7.50. The lowest BCUT2D eigenvalue weighted by Crippen LogP contribution is -2.34. The number of carbonyl (C=O) groups is 2. The Kier molecular flexibility index (Phi) is 7.23. The van der Waals surface area contributed by atoms with Gasteiger partial charge in [0.1, 0.15) is 0 Å². The van der Waals surface area contributed by atoms with Crippen LogP contribution in [0.25, 0.3) is 0 Å². The van der Waals surface area contributed by atoms with E-state index in [1.165, 1.54) is 0 Å². The van der Waals surface area contributed by atoms with Gasteiger partial charge in [0.25, 0.3) is 0 Å². The molecule has 0 fully saturated rings. The fourth-order valence-corrected chi connectivity index (χ4v) is 2.28. The molecule has 5 heteroatoms. The van der Waals surface area contributed by atoms with Crippen molar-refractivity contribution in [1.82, 2.24) is 5.32 Å². The SMILES string of the molecule is CC(CC(=O)NC(C)CCC(=O)O)Cc1ccc(Cl)cc1. The number of rotatable bonds is 8. The molecule has 0 spiro atoms. The first-order valence-electron chi connectivity index (χ1n) is 7.12. The van der Waals surface area contributed by atoms with Crippen molar-refractivity contribution in [2.75, 3.05) is 0 Å². The second kappa shape index (κ2) is 8.67. The predicted molar refractivity (Wildman–Crippen MR) is 83.4 cm³/mol. The van der Waals surface area contributed by atoms with Crippen molar-refractivity contribution in [2.24, 2.45) is 5.92 Å². The van der Waals surface area contributed by atoms with Gasteiger partial charge >= 0.3 is 5.97 Å². The fraction of sp³-hybridized carbons (Fsp3) is 0.500. The largest absolute Gasteiger partial charge is 0.481 e. The summed E-state index contributed by atoms with van der Waals surface area (Å²) in [6.45, 7) is 3.85. The van der Waals surface area contributed by atoms with Gasteiger partial charge in [-0.2, -0.15) is 0 Å². The molecule has 1 amide bonds. The van der Waals surface area contributed by atoms with E-state index in [9.17, 15) is 9.59 Å². The number of benzene rings is 1. The van der Waals surface area contributed by atoms with E-state index in [1.807, 2.05) is 38.1 Å². The minimum atomic E-state index is -0.841. The summed E-state index contributed by atoms with van der Waals surface area (Å²) < 4.78 is 0. The van der Waals surface area contributed by atoms with E-state index in [0.717, 1.165) is 12.0 Å². The van der Waals surface area contributed by atoms with Gasteiger partial charge in [0.2, 0.25) is 5.91 Å². The van der Waals surface area contributed by atoms with Crippen LogP contribution in [0, 0.1) is 5.92 Å². The molecular weight excluding hydrogens is 290 g/mol. The van der Waals surface area contributed by atoms with Gasteiger partial charge in [-0.25, -0.2) is 0 Å². The van der Waals surface area contributed by atoms with Gasteiger partial charge in [0.15, 0.2) is 0 Å². The highest BCUT2D eigenvalue weighted by molar-refractivity contribution is 6.30. The first-order chi connectivity index (χ1) is 9.86. The molecule has 1 aromatic rings. The highest BCUT2D eigenvalue weighted by Gasteiger charge is 2.13. The highest BCUT2D eigenvalue weighted by Crippen LogP contribution is 2.15. The number of carbonyl (C=O) groups excluding carboxylic acids is 1. The number of hydrogen-bond donors (Lipinski definition) is 2. The smallest absolute Gasteiger partial charge is 0.303 e. The molecule has 1 aromatic carbocycles. The predicted octanol–water partition coefficient (Wildman–Crippen LogP) is 3.28. The molecule has 1 rings (SSSR count). The van der Waals surface area contributed by atoms with Gasteiger partial charge in [0.05, 0.1) is 0 Å². The van der Waals surface area contributed by atoms with Crippen LogP contribution >= 0.6 is 11.6 Å². The second-order valence-electron chi connectivity index (χ2n) is 5.54. The van der Waals surface area contributed by atoms with Crippen LogP contribution in [0.15, 0.2) is 24.3 Å². The standard InChI is InChI=1S/C16H22ClNO3/c1-11(9-13-4-6-14(17)7-5-13)10-15(19)18-12(2)3-8-16(20)21/h4-7,11-12H,3,8-10H2,1-2H3,(H,18,19)(H,20,21). The Morgan fingerprint density at radius 3 is 2.43 bits per heavy atom. The van der Waals surface area contributed by atoms with Crippen molar-refractivity contribution in [3.05, 3.63) is 34.9 Å². The van der Waals surface area contributed by atoms with E-state index in [1.54, 1.807) is 0 Å². The van der Waals surface area contributed by atoms with Gasteiger partial charge in [-0.05, 0) is 43.4 Å². The van der Waals surface area contributed by atoms with Crippen molar-refractivity contribution in [2.45, 2.75) is 45.6 Å². The quantitative estimate of drug-likeness (QED) is 0.774. The summed E-state index contributed by atoms with van der Waals surface area (Å²) in [5.74, 6) is -0.653. The first kappa shape index (κ1) is 17.5. The summed E-state index contributed by atoms with van der Waals surface area (Å²) in [5, 5.41) is 12.1. The summed E-state index contributed by atoms with van der Waals surface area (Å²) in [6, 6.07) is 7.50. The van der Waals surface area contributed by atoms with Crippen LogP contribution in [0.4, 0.5) is 0 Å². The third-order valence-electron chi connectivity index (χ3n) is 3.23. The molecule has 4 nitrogen and oxygen atoms in total. The van der Waals surface area contributed by atoms with Crippen LogP contribution < -0.4 is 5.32 Å². The Morgan fingerprint density at radius 1 is 1.24 bits per heavy atom. The van der Waals surface area contributed by atoms with Gasteiger partial charge < -0.3 is 10.4 Å². The molecule has 2 N–H and O–H groups in total. The third-order valence-corrected chi connectivity index (χ3v) is 3.48. The van der Waals surface area contributed by atoms with Crippen LogP contribution in [-0.2, 0) is 16.0 Å². The van der Waals surface area contributed by atoms with Crippen molar-refractivity contribution >= 4 is 23.5 Å². The van der Waals surface area contributed by atoms with E-state index in [-0.39, 0.29) is 24.3 Å². The molecule has 21 heavy (non-hydrogen) atoms. The van der Waals surface area contributed by atoms with Crippen molar-refractivity contribution < 1.29 is 14.7 Å². The third kappa shape index (κ3) is 7.71. The average molecular weight is 312 g/mol. The Morgan fingerprint density at radius 2 is 1.86 bits per heavy atom. The molecule has 0 heterocycles. The van der Waals surface area contributed by atoms with Gasteiger partial charge in [0, 0.05) is 23.9 Å². The van der Waals surface area contributed by atoms with Gasteiger partial charge in [-0.15, -0.1) is 0 Å². The number of hydrogen-bond acceptors (Lipinski definition) is 2. The van der Waals surface area contributed by atoms with E-state index in [0.29, 0.717) is 17.9 Å². The summed E-state index contributed by atoms with van der Waals surface area (Å²) >= 11 is 5.84. The normalized spacial score (nSPS) is 13.5. The van der Waals surface area contributed by atoms with E-state index in [4.69, 9.17) is 16.7 Å². The number of aliphatic carboxylic acids is 1. The Labute approximate surface area is 130 Å². The van der Waals surface area contributed by atoms with E-state index in [2.05, 4.69) is 5.32 Å². The number of halogens is 1. The van der Waals surface area contributed by atoms with Crippen molar-refractivity contribution in [1.29, 1.82) is 0 Å². The monoisotopic (exact) mass is 311 g/mol. The average Bonchev–Trinajstić information content (AvgIpc) is 2.38. The molecule has 0 bridgehead atoms. The molecule has 0 aliphatic rings. The Hall–Kier alpha value is -1.55. The van der Waals surface area contributed by atoms with E-state index < -0.39 is 5.97 Å². The molecule has 2 unspecified atom stereocenters. The van der Waals surface area contributed by atoms with Crippen LogP contribution in [-0.4, -0.2) is 23.0 Å². The second-order valence-corrected chi connectivity index (χ2v) is 5.98. The van der Waals surface area contributed by atoms with Crippen molar-refractivity contribution in [3.8, 4) is 0 Å². The molecule has 0 aromatic heterocycles. The zero-order valence-electron chi connectivity index (χ0n) is 12.4. The molecule has 2 atom stereocenters. The van der Waals surface area contributed by atoms with Crippen LogP contribution in [0.1, 0.15) is 38.7 Å². The summed E-state index contributed by atoms with van der Waals surface area (Å²) in [4.78, 5) is 22.3. The molecule has 0 radical (unpaired) electrons. The minimum Gasteiger partial charge on any atom is -0.481 e. The maximum atomic E-state index is 11.9. The minimum absolute atomic E-state index is 0.0330. The number of carboxylic acid groups (broad SMARTS) is 1. The maximum absolute atomic E-state index is 11.9. The Balaban J connectivity index is 2.33. The van der Waals surface area contributed by atoms with Crippen LogP contribution in [0.3, 0.4) is 0 Å². The number of amides is 1. The van der Waals surface area contributed by atoms with E-state index >= 15 is 0 Å². The highest BCUT2D eigenvalue weighted by atomic mass is 35.5. The Bertz CT molecular complexity index is 473. The molecule has 0 aliphatic heterocycles. The zero-order valence-corrected chi connectivity index (χ0v) is 13.2. The lowest BCUT2D eigenvalue weighted by molar-refractivity contribution is -0.137. The molecule has 116 valence electrons. The van der Waals surface area contributed by atoms with Crippen LogP contribution in [0.2, 0.25) is 5.02 Å². The topological polar surface area (TPSA) is 66.4 Å². The van der Waals surface area contributed by atoms with Gasteiger partial charge in [-0.1, -0.05) is 30.7 Å².